The number of hydrogen-bond acceptors (Lipinski definition) is 4. The van der Waals surface area contributed by atoms with Crippen molar-refractivity contribution < 1.29 is 27.2 Å². The third kappa shape index (κ3) is 5.39. The van der Waals surface area contributed by atoms with Crippen molar-refractivity contribution in [1.82, 2.24) is 15.2 Å². The molecule has 3 heterocycles. The van der Waals surface area contributed by atoms with E-state index in [2.05, 4.69) is 15.2 Å². The van der Waals surface area contributed by atoms with Crippen LogP contribution in [-0.4, -0.2) is 47.9 Å². The second-order valence-corrected chi connectivity index (χ2v) is 11.3. The topological polar surface area (TPSA) is 65.5 Å². The molecular formula is C31H30F4N4O2. The van der Waals surface area contributed by atoms with Gasteiger partial charge in [-0.1, -0.05) is 6.07 Å². The van der Waals surface area contributed by atoms with Crippen molar-refractivity contribution in [1.29, 1.82) is 0 Å². The summed E-state index contributed by atoms with van der Waals surface area (Å²) in [7, 11) is 0. The van der Waals surface area contributed by atoms with E-state index in [0.717, 1.165) is 61.3 Å². The Balaban J connectivity index is 1.13. The maximum Gasteiger partial charge on any atom is 0.417 e. The van der Waals surface area contributed by atoms with Crippen molar-refractivity contribution in [3.8, 4) is 0 Å². The van der Waals surface area contributed by atoms with Gasteiger partial charge in [0.1, 0.15) is 5.82 Å². The van der Waals surface area contributed by atoms with Gasteiger partial charge in [0.25, 0.3) is 11.8 Å². The molecule has 214 valence electrons. The van der Waals surface area contributed by atoms with Gasteiger partial charge in [-0.3, -0.25) is 14.6 Å². The number of piperidine rings is 1. The molecular weight excluding hydrogens is 536 g/mol. The zero-order valence-corrected chi connectivity index (χ0v) is 22.4. The molecule has 0 radical (unpaired) electrons. The van der Waals surface area contributed by atoms with Crippen LogP contribution >= 0.6 is 0 Å². The zero-order chi connectivity index (χ0) is 28.8. The Hall–Kier alpha value is -3.95. The lowest BCUT2D eigenvalue weighted by molar-refractivity contribution is -0.138. The van der Waals surface area contributed by atoms with E-state index < -0.39 is 35.1 Å². The Morgan fingerprint density at radius 2 is 1.68 bits per heavy atom. The van der Waals surface area contributed by atoms with Crippen molar-refractivity contribution in [2.45, 2.75) is 44.3 Å². The predicted octanol–water partition coefficient (Wildman–Crippen LogP) is 5.79. The number of amides is 2. The summed E-state index contributed by atoms with van der Waals surface area (Å²) in [6.07, 6.45) is 2.81. The maximum atomic E-state index is 13.6. The summed E-state index contributed by atoms with van der Waals surface area (Å²) in [6.45, 7) is 3.22. The molecule has 1 N–H and O–H groups in total. The van der Waals surface area contributed by atoms with Crippen LogP contribution in [0.25, 0.3) is 0 Å². The van der Waals surface area contributed by atoms with E-state index >= 15 is 0 Å². The van der Waals surface area contributed by atoms with E-state index in [-0.39, 0.29) is 11.3 Å². The number of likely N-dealkylation sites (tertiary alicyclic amines) is 1. The van der Waals surface area contributed by atoms with Crippen LogP contribution in [0.2, 0.25) is 0 Å². The minimum Gasteiger partial charge on any atom is -0.371 e. The van der Waals surface area contributed by atoms with Crippen LogP contribution in [0.4, 0.5) is 23.2 Å². The average Bonchev–Trinajstić information content (AvgIpc) is 3.57. The largest absolute Gasteiger partial charge is 0.417 e. The SMILES string of the molecule is O=C(NC1CCc2ccc(C(=O)N3CCC4(CCN(c5ccncc5)CC4)C3)cc21)c1ccc(F)cc1C(F)(F)F. The predicted molar refractivity (Wildman–Crippen MR) is 145 cm³/mol. The first kappa shape index (κ1) is 27.2. The van der Waals surface area contributed by atoms with E-state index in [4.69, 9.17) is 0 Å². The minimum absolute atomic E-state index is 0.0730. The molecule has 2 saturated heterocycles. The third-order valence-electron chi connectivity index (χ3n) is 8.89. The zero-order valence-electron chi connectivity index (χ0n) is 22.4. The summed E-state index contributed by atoms with van der Waals surface area (Å²) >= 11 is 0. The van der Waals surface area contributed by atoms with Gasteiger partial charge in [-0.2, -0.15) is 13.2 Å². The Bertz CT molecular complexity index is 1470. The van der Waals surface area contributed by atoms with E-state index in [1.54, 1.807) is 24.5 Å². The summed E-state index contributed by atoms with van der Waals surface area (Å²) in [4.78, 5) is 34.8. The molecule has 1 aliphatic carbocycles. The Morgan fingerprint density at radius 3 is 2.41 bits per heavy atom. The van der Waals surface area contributed by atoms with Gasteiger partial charge in [-0.15, -0.1) is 0 Å². The van der Waals surface area contributed by atoms with Crippen molar-refractivity contribution in [3.05, 3.63) is 94.6 Å². The molecule has 1 atom stereocenters. The standard InChI is InChI=1S/C31H30F4N4O2/c32-22-4-5-24(26(18-22)31(33,34)35)28(40)37-27-6-3-20-1-2-21(17-25(20)27)29(41)39-16-11-30(19-39)9-14-38(15-10-30)23-7-12-36-13-8-23/h1-2,4-5,7-8,12-13,17-18,27H,3,6,9-11,14-16,19H2,(H,37,40). The number of aromatic nitrogens is 1. The van der Waals surface area contributed by atoms with Crippen molar-refractivity contribution in [2.75, 3.05) is 31.1 Å². The maximum absolute atomic E-state index is 13.6. The van der Waals surface area contributed by atoms with Gasteiger partial charge in [-0.25, -0.2) is 4.39 Å². The number of nitrogens with one attached hydrogen (secondary N) is 1. The number of nitrogens with zero attached hydrogens (tertiary/aromatic N) is 3. The molecule has 10 heteroatoms. The number of halogens is 4. The molecule has 2 fully saturated rings. The van der Waals surface area contributed by atoms with Crippen LogP contribution in [0.15, 0.2) is 60.9 Å². The Kier molecular flexibility index (Phi) is 6.95. The number of benzene rings is 2. The Labute approximate surface area is 235 Å². The summed E-state index contributed by atoms with van der Waals surface area (Å²) in [5.41, 5.74) is 1.51. The first-order valence-corrected chi connectivity index (χ1v) is 13.9. The number of rotatable bonds is 4. The Morgan fingerprint density at radius 1 is 0.951 bits per heavy atom. The van der Waals surface area contributed by atoms with Gasteiger partial charge in [0, 0.05) is 49.8 Å². The van der Waals surface area contributed by atoms with Crippen molar-refractivity contribution in [3.63, 3.8) is 0 Å². The van der Waals surface area contributed by atoms with Gasteiger partial charge < -0.3 is 15.1 Å². The molecule has 6 rings (SSSR count). The number of hydrogen-bond donors (Lipinski definition) is 1. The summed E-state index contributed by atoms with van der Waals surface area (Å²) in [5.74, 6) is -2.06. The quantitative estimate of drug-likeness (QED) is 0.406. The fourth-order valence-corrected chi connectivity index (χ4v) is 6.56. The van der Waals surface area contributed by atoms with E-state index in [1.807, 2.05) is 23.1 Å². The smallest absolute Gasteiger partial charge is 0.371 e. The van der Waals surface area contributed by atoms with Gasteiger partial charge in [-0.05, 0) is 91.1 Å². The molecule has 41 heavy (non-hydrogen) atoms. The highest BCUT2D eigenvalue weighted by atomic mass is 19.4. The van der Waals surface area contributed by atoms with E-state index in [0.29, 0.717) is 37.6 Å². The van der Waals surface area contributed by atoms with Crippen LogP contribution in [0.5, 0.6) is 0 Å². The van der Waals surface area contributed by atoms with Gasteiger partial charge in [0.15, 0.2) is 0 Å². The second kappa shape index (κ2) is 10.5. The molecule has 3 aromatic rings. The lowest BCUT2D eigenvalue weighted by Gasteiger charge is -2.40. The van der Waals surface area contributed by atoms with Crippen LogP contribution in [0.3, 0.4) is 0 Å². The summed E-state index contributed by atoms with van der Waals surface area (Å²) in [6, 6.07) is 10.9. The lowest BCUT2D eigenvalue weighted by atomic mass is 9.77. The van der Waals surface area contributed by atoms with Gasteiger partial charge in [0.05, 0.1) is 17.2 Å². The summed E-state index contributed by atoms with van der Waals surface area (Å²) < 4.78 is 53.9. The third-order valence-corrected chi connectivity index (χ3v) is 8.89. The molecule has 3 aliphatic rings. The first-order chi connectivity index (χ1) is 19.6. The van der Waals surface area contributed by atoms with Crippen LogP contribution < -0.4 is 10.2 Å². The van der Waals surface area contributed by atoms with Crippen molar-refractivity contribution >= 4 is 17.5 Å². The van der Waals surface area contributed by atoms with Crippen LogP contribution in [0, 0.1) is 11.2 Å². The van der Waals surface area contributed by atoms with E-state index in [1.165, 1.54) is 0 Å². The number of pyridine rings is 1. The fourth-order valence-electron chi connectivity index (χ4n) is 6.56. The first-order valence-electron chi connectivity index (χ1n) is 13.9. The molecule has 6 nitrogen and oxygen atoms in total. The number of aryl methyl sites for hydroxylation is 1. The lowest BCUT2D eigenvalue weighted by Crippen LogP contribution is -2.42. The molecule has 0 saturated carbocycles. The number of carbonyl (C=O) groups excluding carboxylic acids is 2. The summed E-state index contributed by atoms with van der Waals surface area (Å²) in [5, 5.41) is 2.69. The molecule has 1 spiro atoms. The molecule has 2 aromatic carbocycles. The normalized spacial score (nSPS) is 19.9. The highest BCUT2D eigenvalue weighted by Crippen LogP contribution is 2.42. The van der Waals surface area contributed by atoms with Crippen LogP contribution in [-0.2, 0) is 12.6 Å². The number of alkyl halides is 3. The van der Waals surface area contributed by atoms with E-state index in [9.17, 15) is 27.2 Å². The number of carbonyl (C=O) groups is 2. The molecule has 1 aromatic heterocycles. The van der Waals surface area contributed by atoms with Crippen LogP contribution in [0.1, 0.15) is 69.1 Å². The molecule has 2 amide bonds. The molecule has 2 aliphatic heterocycles. The fraction of sp³-hybridized carbons (Fsp3) is 0.387. The highest BCUT2D eigenvalue weighted by molar-refractivity contribution is 5.97. The number of fused-ring (bicyclic) bond motifs is 1. The average molecular weight is 567 g/mol. The van der Waals surface area contributed by atoms with Crippen molar-refractivity contribution in [2.24, 2.45) is 5.41 Å². The highest BCUT2D eigenvalue weighted by Gasteiger charge is 2.42. The number of anilines is 1. The molecule has 1 unspecified atom stereocenters. The minimum atomic E-state index is -4.87. The van der Waals surface area contributed by atoms with Gasteiger partial charge >= 0.3 is 6.18 Å². The monoisotopic (exact) mass is 566 g/mol. The van der Waals surface area contributed by atoms with Gasteiger partial charge in [0.2, 0.25) is 0 Å². The second-order valence-electron chi connectivity index (χ2n) is 11.3. The molecule has 0 bridgehead atoms.